The number of hydrogen-bond donors (Lipinski definition) is 1. The fourth-order valence-electron chi connectivity index (χ4n) is 7.22. The van der Waals surface area contributed by atoms with Crippen molar-refractivity contribution in [1.29, 1.82) is 0 Å². The quantitative estimate of drug-likeness (QED) is 0.344. The maximum atomic E-state index is 7.49. The van der Waals surface area contributed by atoms with Crippen molar-refractivity contribution in [2.45, 2.75) is 128 Å². The highest BCUT2D eigenvalue weighted by Gasteiger charge is 2.63. The molecule has 2 fully saturated rings. The number of aromatic nitrogens is 7. The third kappa shape index (κ3) is 4.24. The summed E-state index contributed by atoms with van der Waals surface area (Å²) in [4.78, 5) is 13.8. The van der Waals surface area contributed by atoms with Crippen molar-refractivity contribution in [1.82, 2.24) is 34.5 Å². The van der Waals surface area contributed by atoms with Gasteiger partial charge >= 0.3 is 17.1 Å². The van der Waals surface area contributed by atoms with Crippen molar-refractivity contribution in [3.05, 3.63) is 12.0 Å². The van der Waals surface area contributed by atoms with Crippen LogP contribution in [0.25, 0.3) is 22.7 Å². The van der Waals surface area contributed by atoms with Gasteiger partial charge in [0.1, 0.15) is 30.3 Å². The van der Waals surface area contributed by atoms with Gasteiger partial charge in [-0.05, 0) is 35.0 Å². The minimum atomic E-state index is -2.89. The lowest BCUT2D eigenvalue weighted by molar-refractivity contribution is -0.0549. The first-order valence-corrected chi connectivity index (χ1v) is 19.5. The molecule has 0 unspecified atom stereocenters. The van der Waals surface area contributed by atoms with E-state index in [-0.39, 0.29) is 40.4 Å². The molecule has 230 valence electrons. The van der Waals surface area contributed by atoms with Crippen molar-refractivity contribution in [3.63, 3.8) is 0 Å². The van der Waals surface area contributed by atoms with Gasteiger partial charge in [0.15, 0.2) is 29.0 Å². The first-order valence-electron chi connectivity index (χ1n) is 15.6. The Kier molecular flexibility index (Phi) is 7.62. The SMILES string of the molecule is CCCCc1nnn2c1-c1nc3c(N)ncnc3n1[C@@H]1O[C@@H]3CO[Si](C(C)C)(C(C)C)O[Si](C(C)C)(C(C)C)O[C@H]3[C@@H]12. The summed E-state index contributed by atoms with van der Waals surface area (Å²) in [5, 5.41) is 9.42. The predicted molar refractivity (Wildman–Crippen MR) is 164 cm³/mol. The topological polar surface area (TPSA) is 137 Å². The fourth-order valence-corrected chi connectivity index (χ4v) is 18.4. The Morgan fingerprint density at radius 3 is 2.33 bits per heavy atom. The van der Waals surface area contributed by atoms with Crippen LogP contribution < -0.4 is 5.73 Å². The Balaban J connectivity index is 1.55. The monoisotopic (exact) mass is 614 g/mol. The van der Waals surface area contributed by atoms with Crippen molar-refractivity contribution >= 4 is 34.1 Å². The maximum Gasteiger partial charge on any atom is 0.335 e. The van der Waals surface area contributed by atoms with E-state index in [4.69, 9.17) is 33.6 Å². The molecule has 4 atom stereocenters. The molecule has 0 spiro atoms. The van der Waals surface area contributed by atoms with Gasteiger partial charge in [-0.15, -0.1) is 5.10 Å². The molecular weight excluding hydrogens is 569 g/mol. The second kappa shape index (κ2) is 10.7. The van der Waals surface area contributed by atoms with Gasteiger partial charge in [0.25, 0.3) is 0 Å². The van der Waals surface area contributed by atoms with Crippen LogP contribution in [0.5, 0.6) is 0 Å². The zero-order valence-corrected chi connectivity index (χ0v) is 28.4. The van der Waals surface area contributed by atoms with Crippen LogP contribution in [0.1, 0.15) is 93.1 Å². The normalized spacial score (nSPS) is 26.4. The molecule has 2 saturated heterocycles. The largest absolute Gasteiger partial charge is 0.414 e. The average molecular weight is 615 g/mol. The standard InChI is InChI=1S/C28H46N8O4Si2/c1-10-11-12-19-22-27-32-21-25(29)30-14-31-26(21)35(27)28-23(36(22)34-33-19)24-20(38-28)13-37-41(15(2)3,16(4)5)40-42(39-24,17(6)7)18(8)9/h14-18,20,23-24,28H,10-13H2,1-9H3,(H2,29,30,31)/t20-,23+,24-,28-/m1/s1. The number of aryl methyl sites for hydroxylation is 1. The van der Waals surface area contributed by atoms with Crippen LogP contribution in [-0.4, -0.2) is 70.4 Å². The Morgan fingerprint density at radius 1 is 1.00 bits per heavy atom. The lowest BCUT2D eigenvalue weighted by Gasteiger charge is -2.51. The van der Waals surface area contributed by atoms with E-state index in [9.17, 15) is 0 Å². The Hall–Kier alpha value is -2.24. The van der Waals surface area contributed by atoms with E-state index in [1.165, 1.54) is 6.33 Å². The molecule has 6 rings (SSSR count). The summed E-state index contributed by atoms with van der Waals surface area (Å²) in [5.74, 6) is 1.03. The number of imidazole rings is 1. The number of fused-ring (bicyclic) bond motifs is 10. The molecule has 0 aromatic carbocycles. The minimum absolute atomic E-state index is 0.194. The van der Waals surface area contributed by atoms with Gasteiger partial charge < -0.3 is 23.4 Å². The zero-order valence-electron chi connectivity index (χ0n) is 26.4. The maximum absolute atomic E-state index is 7.49. The summed E-state index contributed by atoms with van der Waals surface area (Å²) in [6.07, 6.45) is 3.14. The van der Waals surface area contributed by atoms with E-state index in [0.29, 0.717) is 29.4 Å². The van der Waals surface area contributed by atoms with Crippen molar-refractivity contribution in [2.75, 3.05) is 12.3 Å². The number of nitrogen functional groups attached to an aromatic ring is 1. The van der Waals surface area contributed by atoms with E-state index in [0.717, 1.165) is 30.7 Å². The molecule has 0 saturated carbocycles. The number of anilines is 1. The highest BCUT2D eigenvalue weighted by Crippen LogP contribution is 2.53. The van der Waals surface area contributed by atoms with Gasteiger partial charge in [-0.2, -0.15) is 0 Å². The number of unbranched alkanes of at least 4 members (excludes halogenated alkanes) is 1. The molecule has 3 aliphatic rings. The van der Waals surface area contributed by atoms with Crippen LogP contribution in [0.15, 0.2) is 6.33 Å². The van der Waals surface area contributed by atoms with E-state index in [2.05, 4.69) is 81.9 Å². The molecule has 0 aliphatic carbocycles. The first-order chi connectivity index (χ1) is 20.0. The Labute approximate surface area is 250 Å². The number of rotatable bonds is 7. The molecule has 3 aliphatic heterocycles. The van der Waals surface area contributed by atoms with Crippen molar-refractivity contribution < 1.29 is 17.7 Å². The summed E-state index contributed by atoms with van der Waals surface area (Å²) < 4.78 is 33.0. The van der Waals surface area contributed by atoms with Crippen LogP contribution in [0.3, 0.4) is 0 Å². The van der Waals surface area contributed by atoms with Crippen molar-refractivity contribution in [2.24, 2.45) is 0 Å². The predicted octanol–water partition coefficient (Wildman–Crippen LogP) is 5.42. The molecule has 0 radical (unpaired) electrons. The van der Waals surface area contributed by atoms with E-state index >= 15 is 0 Å². The molecule has 14 heteroatoms. The molecule has 0 bridgehead atoms. The van der Waals surface area contributed by atoms with Gasteiger partial charge in [-0.1, -0.05) is 73.9 Å². The highest BCUT2D eigenvalue weighted by atomic mass is 28.5. The highest BCUT2D eigenvalue weighted by molar-refractivity contribution is 6.84. The summed E-state index contributed by atoms with van der Waals surface area (Å²) >= 11 is 0. The fraction of sp³-hybridized carbons (Fsp3) is 0.750. The second-order valence-corrected chi connectivity index (χ2v) is 22.1. The molecule has 3 aromatic heterocycles. The van der Waals surface area contributed by atoms with Gasteiger partial charge in [0.2, 0.25) is 0 Å². The minimum Gasteiger partial charge on any atom is -0.414 e. The van der Waals surface area contributed by atoms with Crippen LogP contribution in [-0.2, 0) is 24.1 Å². The van der Waals surface area contributed by atoms with E-state index < -0.39 is 23.3 Å². The summed E-state index contributed by atoms with van der Waals surface area (Å²) in [6.45, 7) is 20.4. The number of nitrogens with zero attached hydrogens (tertiary/aromatic N) is 7. The third-order valence-electron chi connectivity index (χ3n) is 9.43. The molecular formula is C28H46N8O4Si2. The molecule has 0 amide bonds. The molecule has 12 nitrogen and oxygen atoms in total. The zero-order chi connectivity index (χ0) is 30.1. The number of hydrogen-bond acceptors (Lipinski definition) is 10. The summed E-state index contributed by atoms with van der Waals surface area (Å²) in [6, 6.07) is -0.308. The van der Waals surface area contributed by atoms with Gasteiger partial charge in [0.05, 0.1) is 12.3 Å². The van der Waals surface area contributed by atoms with Gasteiger partial charge in [0, 0.05) is 0 Å². The van der Waals surface area contributed by atoms with Crippen LogP contribution >= 0.6 is 0 Å². The van der Waals surface area contributed by atoms with Crippen LogP contribution in [0, 0.1) is 0 Å². The smallest absolute Gasteiger partial charge is 0.335 e. The second-order valence-electron chi connectivity index (χ2n) is 13.3. The van der Waals surface area contributed by atoms with Crippen molar-refractivity contribution in [3.8, 4) is 11.5 Å². The van der Waals surface area contributed by atoms with Gasteiger partial charge in [-0.25, -0.2) is 19.6 Å². The summed E-state index contributed by atoms with van der Waals surface area (Å²) in [5.41, 5.74) is 10.2. The number of nitrogens with two attached hydrogens (primary N) is 1. The molecule has 3 aromatic rings. The first kappa shape index (κ1) is 29.8. The summed E-state index contributed by atoms with van der Waals surface area (Å²) in [7, 11) is -5.61. The Bertz CT molecular complexity index is 1440. The Morgan fingerprint density at radius 2 is 1.69 bits per heavy atom. The lowest BCUT2D eigenvalue weighted by Crippen LogP contribution is -2.65. The molecule has 6 heterocycles. The molecule has 2 N–H and O–H groups in total. The van der Waals surface area contributed by atoms with Crippen LogP contribution in [0.2, 0.25) is 22.2 Å². The third-order valence-corrected chi connectivity index (χ3v) is 19.7. The number of ether oxygens (including phenoxy) is 1. The van der Waals surface area contributed by atoms with Crippen LogP contribution in [0.4, 0.5) is 5.82 Å². The van der Waals surface area contributed by atoms with E-state index in [1.54, 1.807) is 0 Å². The van der Waals surface area contributed by atoms with Gasteiger partial charge in [-0.3, -0.25) is 4.57 Å². The van der Waals surface area contributed by atoms with E-state index in [1.807, 2.05) is 4.68 Å². The average Bonchev–Trinajstić information content (AvgIpc) is 3.61. The lowest BCUT2D eigenvalue weighted by atomic mass is 10.0. The molecule has 42 heavy (non-hydrogen) atoms.